The third-order valence-corrected chi connectivity index (χ3v) is 4.65. The van der Waals surface area contributed by atoms with E-state index in [-0.39, 0.29) is 11.9 Å². The molecule has 0 radical (unpaired) electrons. The Hall–Kier alpha value is -0.970. The molecular weight excluding hydrogens is 265 g/mol. The molecule has 1 aliphatic rings. The number of halogens is 1. The van der Waals surface area contributed by atoms with Gasteiger partial charge in [0.05, 0.1) is 0 Å². The second kappa shape index (κ2) is 7.34. The minimum Gasteiger partial charge on any atom is -0.329 e. The first-order chi connectivity index (χ1) is 10.0. The van der Waals surface area contributed by atoms with Crippen molar-refractivity contribution in [2.45, 2.75) is 25.8 Å². The number of likely N-dealkylation sites (N-methyl/N-ethyl adjacent to an activating group) is 1. The predicted octanol–water partition coefficient (Wildman–Crippen LogP) is 2.41. The Morgan fingerprint density at radius 2 is 2.05 bits per heavy atom. The topological polar surface area (TPSA) is 32.5 Å². The van der Waals surface area contributed by atoms with Gasteiger partial charge in [-0.2, -0.15) is 0 Å². The van der Waals surface area contributed by atoms with Gasteiger partial charge in [0.15, 0.2) is 0 Å². The summed E-state index contributed by atoms with van der Waals surface area (Å²) in [4.78, 5) is 4.60. The maximum atomic E-state index is 14.1. The summed E-state index contributed by atoms with van der Waals surface area (Å²) in [5.41, 5.74) is 7.75. The molecule has 1 fully saturated rings. The molecular formula is C17H28FN3. The highest BCUT2D eigenvalue weighted by atomic mass is 19.1. The van der Waals surface area contributed by atoms with Crippen LogP contribution in [0.1, 0.15) is 30.0 Å². The minimum atomic E-state index is -0.147. The van der Waals surface area contributed by atoms with Crippen LogP contribution in [0.15, 0.2) is 18.2 Å². The van der Waals surface area contributed by atoms with Crippen molar-refractivity contribution in [3.05, 3.63) is 35.1 Å². The fourth-order valence-corrected chi connectivity index (χ4v) is 3.24. The van der Waals surface area contributed by atoms with E-state index < -0.39 is 0 Å². The average molecular weight is 293 g/mol. The molecule has 2 rings (SSSR count). The summed E-state index contributed by atoms with van der Waals surface area (Å²) in [6.45, 7) is 5.75. The lowest BCUT2D eigenvalue weighted by Crippen LogP contribution is -2.39. The van der Waals surface area contributed by atoms with E-state index in [0.717, 1.165) is 30.8 Å². The van der Waals surface area contributed by atoms with Crippen LogP contribution in [0.25, 0.3) is 0 Å². The molecule has 2 N–H and O–H groups in total. The highest BCUT2D eigenvalue weighted by molar-refractivity contribution is 5.27. The van der Waals surface area contributed by atoms with E-state index in [4.69, 9.17) is 5.73 Å². The maximum Gasteiger partial charge on any atom is 0.128 e. The first-order valence-electron chi connectivity index (χ1n) is 7.86. The zero-order valence-electron chi connectivity index (χ0n) is 13.5. The highest BCUT2D eigenvalue weighted by Gasteiger charge is 2.24. The third-order valence-electron chi connectivity index (χ3n) is 4.65. The molecule has 1 heterocycles. The summed E-state index contributed by atoms with van der Waals surface area (Å²) >= 11 is 0. The van der Waals surface area contributed by atoms with Crippen molar-refractivity contribution in [2.24, 2.45) is 11.7 Å². The van der Waals surface area contributed by atoms with Gasteiger partial charge in [0.2, 0.25) is 0 Å². The van der Waals surface area contributed by atoms with Crippen molar-refractivity contribution < 1.29 is 4.39 Å². The average Bonchev–Trinajstić information content (AvgIpc) is 2.46. The highest BCUT2D eigenvalue weighted by Crippen LogP contribution is 2.25. The summed E-state index contributed by atoms with van der Waals surface area (Å²) in [5, 5.41) is 0. The molecule has 21 heavy (non-hydrogen) atoms. The number of hydrogen-bond acceptors (Lipinski definition) is 3. The third kappa shape index (κ3) is 4.25. The summed E-state index contributed by atoms with van der Waals surface area (Å²) < 4.78 is 14.1. The first kappa shape index (κ1) is 16.4. The van der Waals surface area contributed by atoms with Crippen LogP contribution < -0.4 is 5.73 Å². The van der Waals surface area contributed by atoms with Crippen molar-refractivity contribution in [1.29, 1.82) is 0 Å². The molecule has 1 aromatic rings. The Kier molecular flexibility index (Phi) is 5.73. The quantitative estimate of drug-likeness (QED) is 0.905. The smallest absolute Gasteiger partial charge is 0.128 e. The molecule has 118 valence electrons. The molecule has 4 heteroatoms. The Balaban J connectivity index is 2.04. The van der Waals surface area contributed by atoms with E-state index in [1.165, 1.54) is 12.8 Å². The number of benzene rings is 1. The lowest BCUT2D eigenvalue weighted by atomic mass is 9.95. The molecule has 1 aliphatic heterocycles. The van der Waals surface area contributed by atoms with Crippen LogP contribution in [0.5, 0.6) is 0 Å². The van der Waals surface area contributed by atoms with Gasteiger partial charge in [-0.05, 0) is 58.9 Å². The van der Waals surface area contributed by atoms with Gasteiger partial charge in [-0.3, -0.25) is 4.90 Å². The molecule has 0 saturated carbocycles. The van der Waals surface area contributed by atoms with Crippen LogP contribution in [0.4, 0.5) is 4.39 Å². The van der Waals surface area contributed by atoms with Crippen molar-refractivity contribution in [2.75, 3.05) is 40.3 Å². The molecule has 1 atom stereocenters. The second-order valence-corrected chi connectivity index (χ2v) is 6.46. The van der Waals surface area contributed by atoms with Crippen LogP contribution in [0.3, 0.4) is 0 Å². The van der Waals surface area contributed by atoms with Gasteiger partial charge in [-0.15, -0.1) is 0 Å². The fraction of sp³-hybridized carbons (Fsp3) is 0.647. The number of piperidine rings is 1. The zero-order chi connectivity index (χ0) is 15.4. The van der Waals surface area contributed by atoms with Crippen LogP contribution in [-0.4, -0.2) is 50.1 Å². The summed E-state index contributed by atoms with van der Waals surface area (Å²) in [5.74, 6) is 0.541. The first-order valence-corrected chi connectivity index (χ1v) is 7.86. The van der Waals surface area contributed by atoms with Gasteiger partial charge in [0.25, 0.3) is 0 Å². The number of nitrogens with two attached hydrogens (primary N) is 1. The molecule has 0 aliphatic carbocycles. The van der Waals surface area contributed by atoms with E-state index in [0.29, 0.717) is 12.5 Å². The molecule has 1 saturated heterocycles. The molecule has 3 nitrogen and oxygen atoms in total. The lowest BCUT2D eigenvalue weighted by molar-refractivity contribution is 0.150. The Labute approximate surface area is 127 Å². The van der Waals surface area contributed by atoms with Crippen molar-refractivity contribution >= 4 is 0 Å². The van der Waals surface area contributed by atoms with E-state index in [2.05, 4.69) is 23.9 Å². The van der Waals surface area contributed by atoms with Crippen LogP contribution in [0, 0.1) is 18.7 Å². The van der Waals surface area contributed by atoms with Crippen molar-refractivity contribution in [3.63, 3.8) is 0 Å². The lowest BCUT2D eigenvalue weighted by Gasteiger charge is -2.35. The molecule has 0 bridgehead atoms. The van der Waals surface area contributed by atoms with Gasteiger partial charge in [0.1, 0.15) is 5.82 Å². The van der Waals surface area contributed by atoms with Crippen LogP contribution in [0.2, 0.25) is 0 Å². The number of rotatable bonds is 5. The Bertz CT molecular complexity index is 455. The van der Waals surface area contributed by atoms with Gasteiger partial charge in [-0.1, -0.05) is 17.7 Å². The number of nitrogens with zero attached hydrogens (tertiary/aromatic N) is 2. The predicted molar refractivity (Wildman–Crippen MR) is 85.8 cm³/mol. The van der Waals surface area contributed by atoms with Crippen LogP contribution in [-0.2, 0) is 0 Å². The summed E-state index contributed by atoms with van der Waals surface area (Å²) in [6, 6.07) is 5.25. The summed E-state index contributed by atoms with van der Waals surface area (Å²) in [6.07, 6.45) is 2.43. The normalized spacial score (nSPS) is 19.1. The maximum absolute atomic E-state index is 14.1. The van der Waals surface area contributed by atoms with Crippen molar-refractivity contribution in [3.8, 4) is 0 Å². The monoisotopic (exact) mass is 293 g/mol. The van der Waals surface area contributed by atoms with E-state index in [1.807, 2.05) is 19.1 Å². The van der Waals surface area contributed by atoms with E-state index in [9.17, 15) is 4.39 Å². The van der Waals surface area contributed by atoms with Gasteiger partial charge < -0.3 is 10.6 Å². The largest absolute Gasteiger partial charge is 0.329 e. The molecule has 0 spiro atoms. The Morgan fingerprint density at radius 3 is 2.67 bits per heavy atom. The molecule has 0 amide bonds. The minimum absolute atomic E-state index is 0.0374. The molecule has 0 aromatic heterocycles. The fourth-order valence-electron chi connectivity index (χ4n) is 3.24. The van der Waals surface area contributed by atoms with E-state index in [1.54, 1.807) is 6.07 Å². The van der Waals surface area contributed by atoms with Crippen LogP contribution >= 0.6 is 0 Å². The van der Waals surface area contributed by atoms with Crippen molar-refractivity contribution in [1.82, 2.24) is 9.80 Å². The number of aryl methyl sites for hydroxylation is 1. The van der Waals surface area contributed by atoms with Gasteiger partial charge in [-0.25, -0.2) is 4.39 Å². The van der Waals surface area contributed by atoms with Gasteiger partial charge in [0, 0.05) is 24.7 Å². The van der Waals surface area contributed by atoms with Gasteiger partial charge >= 0.3 is 0 Å². The molecule has 1 aromatic carbocycles. The SMILES string of the molecule is Cc1ccc(F)c(C(CN)N(C)CC2CCN(C)CC2)c1. The zero-order valence-corrected chi connectivity index (χ0v) is 13.5. The summed E-state index contributed by atoms with van der Waals surface area (Å²) in [7, 11) is 4.24. The van der Waals surface area contributed by atoms with E-state index >= 15 is 0 Å². The number of hydrogen-bond donors (Lipinski definition) is 1. The number of likely N-dealkylation sites (tertiary alicyclic amines) is 1. The second-order valence-electron chi connectivity index (χ2n) is 6.46. The Morgan fingerprint density at radius 1 is 1.38 bits per heavy atom. The molecule has 1 unspecified atom stereocenters. The standard InChI is InChI=1S/C17H28FN3/c1-13-4-5-16(18)15(10-13)17(11-19)21(3)12-14-6-8-20(2)9-7-14/h4-5,10,14,17H,6-9,11-12,19H2,1-3H3.